The third kappa shape index (κ3) is 4.75. The Bertz CT molecular complexity index is 1160. The van der Waals surface area contributed by atoms with Crippen LogP contribution in [0.2, 0.25) is 0 Å². The molecule has 2 amide bonds. The summed E-state index contributed by atoms with van der Waals surface area (Å²) in [5, 5.41) is 7.37. The Morgan fingerprint density at radius 2 is 2.00 bits per heavy atom. The predicted octanol–water partition coefficient (Wildman–Crippen LogP) is 5.76. The molecule has 0 aliphatic carbocycles. The summed E-state index contributed by atoms with van der Waals surface area (Å²) in [4.78, 5) is 20.6. The number of unbranched alkanes of at least 4 members (excludes halogenated alkanes) is 1. The smallest absolute Gasteiger partial charge is 0.322 e. The lowest BCUT2D eigenvalue weighted by Gasteiger charge is -2.35. The van der Waals surface area contributed by atoms with Crippen LogP contribution >= 0.6 is 11.8 Å². The number of nitrogens with zero attached hydrogens (tertiary/aromatic N) is 3. The maximum absolute atomic E-state index is 13.0. The van der Waals surface area contributed by atoms with Crippen molar-refractivity contribution in [3.8, 4) is 17.1 Å². The molecule has 0 saturated heterocycles. The van der Waals surface area contributed by atoms with E-state index in [1.54, 1.807) is 23.8 Å². The zero-order valence-electron chi connectivity index (χ0n) is 19.3. The molecule has 0 saturated carbocycles. The van der Waals surface area contributed by atoms with Gasteiger partial charge in [0.25, 0.3) is 5.89 Å². The topological polar surface area (TPSA) is 80.5 Å². The van der Waals surface area contributed by atoms with E-state index in [0.717, 1.165) is 35.2 Å². The van der Waals surface area contributed by atoms with Crippen molar-refractivity contribution in [3.05, 3.63) is 65.7 Å². The number of rotatable bonds is 8. The fraction of sp³-hybridized carbons (Fsp3) is 0.320. The zero-order chi connectivity index (χ0) is 23.4. The van der Waals surface area contributed by atoms with Gasteiger partial charge in [0.2, 0.25) is 5.82 Å². The number of allylic oxidation sites excluding steroid dienone is 1. The first-order valence-electron chi connectivity index (χ1n) is 11.0. The van der Waals surface area contributed by atoms with Crippen LogP contribution in [0.15, 0.2) is 63.6 Å². The van der Waals surface area contributed by atoms with Gasteiger partial charge >= 0.3 is 6.03 Å². The Hall–Kier alpha value is -3.26. The van der Waals surface area contributed by atoms with Gasteiger partial charge in [-0.1, -0.05) is 30.6 Å². The van der Waals surface area contributed by atoms with Crippen molar-refractivity contribution >= 4 is 23.4 Å². The summed E-state index contributed by atoms with van der Waals surface area (Å²) in [6.07, 6.45) is 3.93. The van der Waals surface area contributed by atoms with E-state index in [0.29, 0.717) is 24.0 Å². The monoisotopic (exact) mass is 464 g/mol. The van der Waals surface area contributed by atoms with Gasteiger partial charge in [0, 0.05) is 22.7 Å². The minimum atomic E-state index is -0.433. The quantitative estimate of drug-likeness (QED) is 0.427. The van der Waals surface area contributed by atoms with Gasteiger partial charge in [-0.3, -0.25) is 4.90 Å². The first-order valence-corrected chi connectivity index (χ1v) is 12.2. The highest BCUT2D eigenvalue weighted by atomic mass is 32.2. The van der Waals surface area contributed by atoms with E-state index in [1.807, 2.05) is 61.7 Å². The van der Waals surface area contributed by atoms with E-state index in [2.05, 4.69) is 17.4 Å². The Morgan fingerprint density at radius 1 is 1.21 bits per heavy atom. The van der Waals surface area contributed by atoms with Crippen LogP contribution < -0.4 is 10.1 Å². The molecule has 1 N–H and O–H groups in total. The normalized spacial score (nSPS) is 16.2. The third-order valence-electron chi connectivity index (χ3n) is 5.76. The minimum Gasteiger partial charge on any atom is -0.497 e. The van der Waals surface area contributed by atoms with Crippen LogP contribution in [0.3, 0.4) is 0 Å². The summed E-state index contributed by atoms with van der Waals surface area (Å²) in [6, 6.07) is 15.1. The average molecular weight is 465 g/mol. The number of carbonyl (C=O) groups excluding carboxylic acids is 1. The van der Waals surface area contributed by atoms with E-state index in [-0.39, 0.29) is 6.03 Å². The van der Waals surface area contributed by atoms with E-state index in [9.17, 15) is 4.79 Å². The summed E-state index contributed by atoms with van der Waals surface area (Å²) in [6.45, 7) is 4.67. The molecule has 8 heteroatoms. The van der Waals surface area contributed by atoms with E-state index >= 15 is 0 Å². The molecule has 172 valence electrons. The second-order valence-electron chi connectivity index (χ2n) is 7.82. The summed E-state index contributed by atoms with van der Waals surface area (Å²) in [5.41, 5.74) is 3.37. The van der Waals surface area contributed by atoms with Crippen LogP contribution in [0.4, 0.5) is 4.79 Å². The molecule has 1 atom stereocenters. The predicted molar refractivity (Wildman–Crippen MR) is 130 cm³/mol. The molecule has 0 bridgehead atoms. The molecule has 3 aromatic rings. The Labute approximate surface area is 198 Å². The SMILES string of the molecule is CCCCN1C(=O)NC(c2cccc(OC)c2)C(c2nc(-c3ccc(SC)cc3)no2)=C1C. The van der Waals surface area contributed by atoms with Crippen molar-refractivity contribution < 1.29 is 14.1 Å². The first kappa shape index (κ1) is 22.9. The fourth-order valence-corrected chi connectivity index (χ4v) is 4.31. The maximum atomic E-state index is 13.0. The van der Waals surface area contributed by atoms with Crippen molar-refractivity contribution in [2.24, 2.45) is 0 Å². The van der Waals surface area contributed by atoms with Crippen molar-refractivity contribution in [1.82, 2.24) is 20.4 Å². The second-order valence-corrected chi connectivity index (χ2v) is 8.69. The Morgan fingerprint density at radius 3 is 2.70 bits per heavy atom. The molecule has 2 heterocycles. The lowest BCUT2D eigenvalue weighted by molar-refractivity contribution is 0.204. The van der Waals surface area contributed by atoms with Crippen molar-refractivity contribution in [2.75, 3.05) is 19.9 Å². The largest absolute Gasteiger partial charge is 0.497 e. The van der Waals surface area contributed by atoms with Gasteiger partial charge in [-0.15, -0.1) is 11.8 Å². The number of urea groups is 1. The van der Waals surface area contributed by atoms with Gasteiger partial charge in [0.15, 0.2) is 0 Å². The van der Waals surface area contributed by atoms with Crippen LogP contribution in [0, 0.1) is 0 Å². The van der Waals surface area contributed by atoms with Gasteiger partial charge in [0.1, 0.15) is 5.75 Å². The number of thioether (sulfide) groups is 1. The molecule has 2 aromatic carbocycles. The molecule has 1 aromatic heterocycles. The molecule has 0 radical (unpaired) electrons. The van der Waals surface area contributed by atoms with Crippen LogP contribution in [0.5, 0.6) is 5.75 Å². The zero-order valence-corrected chi connectivity index (χ0v) is 20.1. The molecular formula is C25H28N4O3S. The molecular weight excluding hydrogens is 436 g/mol. The molecule has 0 spiro atoms. The fourth-order valence-electron chi connectivity index (χ4n) is 3.91. The number of benzene rings is 2. The number of hydrogen-bond acceptors (Lipinski definition) is 6. The molecule has 0 fully saturated rings. The molecule has 7 nitrogen and oxygen atoms in total. The summed E-state index contributed by atoms with van der Waals surface area (Å²) in [7, 11) is 1.62. The van der Waals surface area contributed by atoms with E-state index < -0.39 is 6.04 Å². The Kier molecular flexibility index (Phi) is 7.03. The molecule has 1 aliphatic heterocycles. The summed E-state index contributed by atoms with van der Waals surface area (Å²) < 4.78 is 11.2. The number of aromatic nitrogens is 2. The van der Waals surface area contributed by atoms with Gasteiger partial charge in [0.05, 0.1) is 18.7 Å². The Balaban J connectivity index is 1.78. The molecule has 1 aliphatic rings. The highest BCUT2D eigenvalue weighted by molar-refractivity contribution is 7.98. The van der Waals surface area contributed by atoms with Crippen LogP contribution in [0.25, 0.3) is 17.0 Å². The van der Waals surface area contributed by atoms with Crippen LogP contribution in [0.1, 0.15) is 44.2 Å². The van der Waals surface area contributed by atoms with E-state index in [1.165, 1.54) is 4.90 Å². The molecule has 4 rings (SSSR count). The maximum Gasteiger partial charge on any atom is 0.322 e. The number of carbonyl (C=O) groups is 1. The minimum absolute atomic E-state index is 0.134. The third-order valence-corrected chi connectivity index (χ3v) is 6.51. The number of hydrogen-bond donors (Lipinski definition) is 1. The highest BCUT2D eigenvalue weighted by Gasteiger charge is 2.35. The number of methoxy groups -OCH3 is 1. The average Bonchev–Trinajstić information content (AvgIpc) is 3.33. The number of nitrogens with one attached hydrogen (secondary N) is 1. The highest BCUT2D eigenvalue weighted by Crippen LogP contribution is 2.38. The lowest BCUT2D eigenvalue weighted by atomic mass is 9.94. The molecule has 1 unspecified atom stereocenters. The van der Waals surface area contributed by atoms with Gasteiger partial charge in [-0.2, -0.15) is 4.98 Å². The van der Waals surface area contributed by atoms with Gasteiger partial charge in [-0.05, 0) is 61.6 Å². The summed E-state index contributed by atoms with van der Waals surface area (Å²) in [5.74, 6) is 1.62. The summed E-state index contributed by atoms with van der Waals surface area (Å²) >= 11 is 1.68. The first-order chi connectivity index (χ1) is 16.0. The van der Waals surface area contributed by atoms with Crippen LogP contribution in [-0.4, -0.2) is 41.0 Å². The van der Waals surface area contributed by atoms with Crippen molar-refractivity contribution in [2.45, 2.75) is 37.6 Å². The van der Waals surface area contributed by atoms with Gasteiger partial charge in [-0.25, -0.2) is 4.79 Å². The van der Waals surface area contributed by atoms with Crippen LogP contribution in [-0.2, 0) is 0 Å². The number of ether oxygens (including phenoxy) is 1. The van der Waals surface area contributed by atoms with Gasteiger partial charge < -0.3 is 14.6 Å². The molecule has 33 heavy (non-hydrogen) atoms. The standard InChI is InChI=1S/C25H28N4O3S/c1-5-6-14-29-16(2)21(22(26-25(29)30)18-8-7-9-19(15-18)31-3)24-27-23(28-32-24)17-10-12-20(33-4)13-11-17/h7-13,15,22H,5-6,14H2,1-4H3,(H,26,30). The second kappa shape index (κ2) is 10.1. The number of amides is 2. The van der Waals surface area contributed by atoms with Crippen molar-refractivity contribution in [3.63, 3.8) is 0 Å². The van der Waals surface area contributed by atoms with E-state index in [4.69, 9.17) is 14.2 Å². The lowest BCUT2D eigenvalue weighted by Crippen LogP contribution is -2.46. The van der Waals surface area contributed by atoms with Crippen molar-refractivity contribution in [1.29, 1.82) is 0 Å².